The Morgan fingerprint density at radius 2 is 1.64 bits per heavy atom. The van der Waals surface area contributed by atoms with Crippen LogP contribution in [-0.2, 0) is 20.2 Å². The third kappa shape index (κ3) is 6.46. The van der Waals surface area contributed by atoms with Crippen LogP contribution in [0.4, 0.5) is 5.95 Å². The van der Waals surface area contributed by atoms with Crippen LogP contribution in [-0.4, -0.2) is 41.7 Å². The van der Waals surface area contributed by atoms with Crippen molar-refractivity contribution < 1.29 is 32.5 Å². The molecule has 0 aliphatic rings. The zero-order valence-corrected chi connectivity index (χ0v) is 22.6. The lowest BCUT2D eigenvalue weighted by molar-refractivity contribution is 0.0997. The van der Waals surface area contributed by atoms with Gasteiger partial charge in [-0.05, 0) is 55.8 Å². The first-order valence-electron chi connectivity index (χ1n) is 12.2. The quantitative estimate of drug-likeness (QED) is 0.234. The first-order chi connectivity index (χ1) is 18.8. The molecule has 39 heavy (non-hydrogen) atoms. The number of phosphoric ester groups is 1. The van der Waals surface area contributed by atoms with E-state index in [1.165, 1.54) is 13.2 Å². The molecule has 4 rings (SSSR count). The summed E-state index contributed by atoms with van der Waals surface area (Å²) in [7, 11) is -2.27. The molecule has 0 saturated heterocycles. The van der Waals surface area contributed by atoms with Gasteiger partial charge in [0.2, 0.25) is 11.9 Å². The Morgan fingerprint density at radius 1 is 0.974 bits per heavy atom. The van der Waals surface area contributed by atoms with E-state index in [0.717, 1.165) is 5.56 Å². The van der Waals surface area contributed by atoms with Gasteiger partial charge in [0.15, 0.2) is 0 Å². The number of amides is 2. The van der Waals surface area contributed by atoms with Gasteiger partial charge < -0.3 is 19.6 Å². The topological polar surface area (TPSA) is 144 Å². The average Bonchev–Trinajstić information content (AvgIpc) is 3.26. The Hall–Kier alpha value is -4.18. The highest BCUT2D eigenvalue weighted by Gasteiger charge is 2.27. The van der Waals surface area contributed by atoms with Crippen LogP contribution < -0.4 is 20.3 Å². The molecule has 12 heteroatoms. The minimum Gasteiger partial charge on any atom is -0.494 e. The van der Waals surface area contributed by atoms with E-state index < -0.39 is 13.7 Å². The second-order valence-corrected chi connectivity index (χ2v) is 9.86. The molecule has 0 bridgehead atoms. The Bertz CT molecular complexity index is 1510. The maximum atomic E-state index is 13.0. The van der Waals surface area contributed by atoms with Crippen LogP contribution in [0.5, 0.6) is 11.5 Å². The predicted molar refractivity (Wildman–Crippen MR) is 146 cm³/mol. The van der Waals surface area contributed by atoms with E-state index in [1.54, 1.807) is 73.0 Å². The van der Waals surface area contributed by atoms with Crippen molar-refractivity contribution in [2.75, 3.05) is 25.6 Å². The molecule has 0 fully saturated rings. The number of benzene rings is 3. The van der Waals surface area contributed by atoms with Crippen molar-refractivity contribution >= 4 is 36.6 Å². The van der Waals surface area contributed by atoms with E-state index in [4.69, 9.17) is 24.0 Å². The number of nitrogens with one attached hydrogen (secondary N) is 1. The summed E-state index contributed by atoms with van der Waals surface area (Å²) >= 11 is 0. The molecule has 2 amide bonds. The van der Waals surface area contributed by atoms with Crippen molar-refractivity contribution in [2.45, 2.75) is 20.4 Å². The summed E-state index contributed by atoms with van der Waals surface area (Å²) in [6.07, 6.45) is 0. The third-order valence-corrected chi connectivity index (χ3v) is 7.21. The Kier molecular flexibility index (Phi) is 8.65. The van der Waals surface area contributed by atoms with Crippen molar-refractivity contribution in [3.8, 4) is 11.5 Å². The molecule has 0 radical (unpaired) electrons. The minimum absolute atomic E-state index is 0.167. The second-order valence-electron chi connectivity index (χ2n) is 8.27. The van der Waals surface area contributed by atoms with Crippen LogP contribution in [0.25, 0.3) is 11.0 Å². The molecule has 0 aliphatic heterocycles. The van der Waals surface area contributed by atoms with Gasteiger partial charge in [0.1, 0.15) is 17.0 Å². The van der Waals surface area contributed by atoms with Crippen molar-refractivity contribution in [3.05, 3.63) is 83.4 Å². The highest BCUT2D eigenvalue weighted by Crippen LogP contribution is 2.49. The van der Waals surface area contributed by atoms with Crippen LogP contribution in [0.2, 0.25) is 0 Å². The normalized spacial score (nSPS) is 11.4. The van der Waals surface area contributed by atoms with Gasteiger partial charge in [0.05, 0.1) is 32.4 Å². The van der Waals surface area contributed by atoms with Crippen molar-refractivity contribution in [2.24, 2.45) is 5.73 Å². The van der Waals surface area contributed by atoms with Crippen LogP contribution in [0.1, 0.15) is 40.1 Å². The summed E-state index contributed by atoms with van der Waals surface area (Å²) in [4.78, 5) is 29.4. The molecule has 3 aromatic carbocycles. The second kappa shape index (κ2) is 12.1. The highest BCUT2D eigenvalue weighted by molar-refractivity contribution is 7.48. The number of nitrogens with two attached hydrogens (primary N) is 1. The number of hydrogen-bond donors (Lipinski definition) is 2. The summed E-state index contributed by atoms with van der Waals surface area (Å²) in [6.45, 7) is 3.99. The van der Waals surface area contributed by atoms with Crippen LogP contribution >= 0.6 is 7.82 Å². The number of aromatic nitrogens is 2. The average molecular weight is 553 g/mol. The number of rotatable bonds is 12. The van der Waals surface area contributed by atoms with Crippen molar-refractivity contribution in [3.63, 3.8) is 0 Å². The zero-order chi connectivity index (χ0) is 28.0. The lowest BCUT2D eigenvalue weighted by Crippen LogP contribution is -2.16. The fourth-order valence-electron chi connectivity index (χ4n) is 3.91. The first kappa shape index (κ1) is 27.8. The number of hydrogen-bond acceptors (Lipinski definition) is 8. The molecule has 0 atom stereocenters. The number of primary amides is 1. The molecule has 1 aromatic heterocycles. The summed E-state index contributed by atoms with van der Waals surface area (Å²) in [5.41, 5.74) is 7.96. The Morgan fingerprint density at radius 3 is 2.23 bits per heavy atom. The van der Waals surface area contributed by atoms with Crippen molar-refractivity contribution in [1.29, 1.82) is 0 Å². The van der Waals surface area contributed by atoms with Crippen LogP contribution in [0, 0.1) is 0 Å². The molecule has 3 N–H and O–H groups in total. The SMILES string of the molecule is CCOP(=O)(OCC)Oc1ccc(Cn2c(NC(=O)c3ccccc3)nc3cc(C(N)=O)cc(OC)c32)cc1. The number of carbonyl (C=O) groups excluding carboxylic acids is 2. The van der Waals surface area contributed by atoms with Gasteiger partial charge in [0.25, 0.3) is 5.91 Å². The predicted octanol–water partition coefficient (Wildman–Crippen LogP) is 5.00. The van der Waals surface area contributed by atoms with Crippen molar-refractivity contribution in [1.82, 2.24) is 9.55 Å². The van der Waals surface area contributed by atoms with Gasteiger partial charge >= 0.3 is 7.82 Å². The van der Waals surface area contributed by atoms with Gasteiger partial charge in [-0.2, -0.15) is 0 Å². The van der Waals surface area contributed by atoms with E-state index in [9.17, 15) is 14.2 Å². The van der Waals surface area contributed by atoms with Gasteiger partial charge in [-0.1, -0.05) is 30.3 Å². The Balaban J connectivity index is 1.71. The molecule has 1 heterocycles. The number of phosphoric acid groups is 1. The van der Waals surface area contributed by atoms with E-state index in [0.29, 0.717) is 28.1 Å². The zero-order valence-electron chi connectivity index (χ0n) is 21.7. The lowest BCUT2D eigenvalue weighted by Gasteiger charge is -2.17. The molecule has 11 nitrogen and oxygen atoms in total. The molecule has 0 spiro atoms. The van der Waals surface area contributed by atoms with E-state index in [-0.39, 0.29) is 37.2 Å². The summed E-state index contributed by atoms with van der Waals surface area (Å²) in [5, 5.41) is 2.85. The first-order valence-corrected chi connectivity index (χ1v) is 13.6. The lowest BCUT2D eigenvalue weighted by atomic mass is 10.1. The summed E-state index contributed by atoms with van der Waals surface area (Å²) < 4.78 is 35.9. The maximum Gasteiger partial charge on any atom is 0.530 e. The molecule has 0 aliphatic carbocycles. The van der Waals surface area contributed by atoms with E-state index in [1.807, 2.05) is 6.07 Å². The summed E-state index contributed by atoms with van der Waals surface area (Å²) in [6, 6.07) is 18.6. The number of carbonyl (C=O) groups is 2. The summed E-state index contributed by atoms with van der Waals surface area (Å²) in [5.74, 6) is -0.0698. The molecule has 0 unspecified atom stereocenters. The van der Waals surface area contributed by atoms with E-state index in [2.05, 4.69) is 10.3 Å². The maximum absolute atomic E-state index is 13.0. The number of nitrogens with zero attached hydrogens (tertiary/aromatic N) is 2. The van der Waals surface area contributed by atoms with Gasteiger partial charge in [0, 0.05) is 11.1 Å². The standard InChI is InChI=1S/C27H29N4O7P/c1-4-36-39(34,37-5-2)38-21-13-11-18(12-14-21)17-31-24-22(15-20(25(28)32)16-23(24)35-3)29-27(31)30-26(33)19-9-7-6-8-10-19/h6-16H,4-5,17H2,1-3H3,(H2,28,32)(H,29,30,33). The fourth-order valence-corrected chi connectivity index (χ4v) is 5.11. The number of methoxy groups -OCH3 is 1. The molecule has 4 aromatic rings. The molecule has 204 valence electrons. The van der Waals surface area contributed by atoms with E-state index >= 15 is 0 Å². The highest BCUT2D eigenvalue weighted by atomic mass is 31.2. The van der Waals surface area contributed by atoms with Crippen LogP contribution in [0.15, 0.2) is 66.7 Å². The smallest absolute Gasteiger partial charge is 0.494 e. The van der Waals surface area contributed by atoms with Gasteiger partial charge in [-0.25, -0.2) is 9.55 Å². The number of fused-ring (bicyclic) bond motifs is 1. The number of anilines is 1. The van der Waals surface area contributed by atoms with Gasteiger partial charge in [-0.3, -0.25) is 24.0 Å². The van der Waals surface area contributed by atoms with Crippen LogP contribution in [0.3, 0.4) is 0 Å². The fraction of sp³-hybridized carbons (Fsp3) is 0.222. The molecule has 0 saturated carbocycles. The third-order valence-electron chi connectivity index (χ3n) is 5.63. The number of ether oxygens (including phenoxy) is 1. The molecular formula is C27H29N4O7P. The largest absolute Gasteiger partial charge is 0.530 e. The minimum atomic E-state index is -3.74. The number of imidazole rings is 1. The molecular weight excluding hydrogens is 523 g/mol. The Labute approximate surface area is 225 Å². The van der Waals surface area contributed by atoms with Gasteiger partial charge in [-0.15, -0.1) is 0 Å². The monoisotopic (exact) mass is 552 g/mol.